The smallest absolute Gasteiger partial charge is 0.220 e. The fourth-order valence-corrected chi connectivity index (χ4v) is 9.37. The second kappa shape index (κ2) is 9.20. The van der Waals surface area contributed by atoms with Gasteiger partial charge in [0.15, 0.2) is 0 Å². The number of fused-ring (bicyclic) bond motifs is 5. The van der Waals surface area contributed by atoms with Gasteiger partial charge in [-0.15, -0.1) is 0 Å². The molecule has 1 aromatic heterocycles. The first-order chi connectivity index (χ1) is 16.2. The highest BCUT2D eigenvalue weighted by Crippen LogP contribution is 2.68. The van der Waals surface area contributed by atoms with Crippen molar-refractivity contribution in [3.63, 3.8) is 0 Å². The largest absolute Gasteiger partial charge is 0.393 e. The maximum absolute atomic E-state index is 12.8. The lowest BCUT2D eigenvalue weighted by atomic mass is 9.43. The Morgan fingerprint density at radius 2 is 1.85 bits per heavy atom. The third-order valence-corrected chi connectivity index (χ3v) is 11.1. The summed E-state index contributed by atoms with van der Waals surface area (Å²) < 4.78 is 0. The number of carbonyl (C=O) groups excluding carboxylic acids is 1. The average molecular weight is 469 g/mol. The third kappa shape index (κ3) is 4.11. The lowest BCUT2D eigenvalue weighted by molar-refractivity contribution is -0.174. The number of carbonyl (C=O) groups is 1. The van der Waals surface area contributed by atoms with Gasteiger partial charge in [0.25, 0.3) is 0 Å². The molecular weight excluding hydrogens is 424 g/mol. The van der Waals surface area contributed by atoms with E-state index in [0.717, 1.165) is 31.4 Å². The van der Waals surface area contributed by atoms with Gasteiger partial charge in [-0.05, 0) is 110 Å². The number of pyridine rings is 1. The zero-order chi connectivity index (χ0) is 24.1. The first kappa shape index (κ1) is 24.2. The van der Waals surface area contributed by atoms with Crippen LogP contribution in [0.25, 0.3) is 0 Å². The summed E-state index contributed by atoms with van der Waals surface area (Å²) in [4.78, 5) is 17.1. The minimum Gasteiger partial charge on any atom is -0.393 e. The molecule has 5 rings (SSSR count). The molecule has 3 N–H and O–H groups in total. The van der Waals surface area contributed by atoms with Crippen LogP contribution in [0.15, 0.2) is 24.4 Å². The molecule has 0 aromatic carbocycles. The molecule has 34 heavy (non-hydrogen) atoms. The van der Waals surface area contributed by atoms with Crippen molar-refractivity contribution in [1.82, 2.24) is 10.3 Å². The molecule has 188 valence electrons. The van der Waals surface area contributed by atoms with Crippen LogP contribution in [0.4, 0.5) is 0 Å². The number of nitrogens with zero attached hydrogens (tertiary/aromatic N) is 1. The second-order valence-corrected chi connectivity index (χ2v) is 12.7. The summed E-state index contributed by atoms with van der Waals surface area (Å²) in [6, 6.07) is 5.78. The van der Waals surface area contributed by atoms with Crippen molar-refractivity contribution in [2.45, 2.75) is 97.3 Å². The van der Waals surface area contributed by atoms with E-state index in [1.807, 2.05) is 18.2 Å². The van der Waals surface area contributed by atoms with Crippen LogP contribution >= 0.6 is 0 Å². The molecule has 0 unspecified atom stereocenters. The molecule has 0 bridgehead atoms. The minimum atomic E-state index is -0.242. The topological polar surface area (TPSA) is 82.5 Å². The van der Waals surface area contributed by atoms with Crippen LogP contribution in [0, 0.1) is 46.3 Å². The normalized spacial score (nSPS) is 44.4. The maximum Gasteiger partial charge on any atom is 0.220 e. The number of rotatable bonds is 5. The first-order valence-electron chi connectivity index (χ1n) is 13.7. The van der Waals surface area contributed by atoms with E-state index in [4.69, 9.17) is 0 Å². The minimum absolute atomic E-state index is 0.118. The van der Waals surface area contributed by atoms with Crippen LogP contribution in [0.2, 0.25) is 0 Å². The summed E-state index contributed by atoms with van der Waals surface area (Å²) in [6.07, 6.45) is 10.4. The number of hydrogen-bond donors (Lipinski definition) is 3. The standard InChI is InChI=1S/C29H44N2O3/c1-18(14-26(34)31-17-20-6-4-5-13-30-20)22-7-8-23-27-24(10-12-29(22,23)3)28(2)11-9-21(32)15-19(28)16-25(27)33/h4-6,13,18-19,21-25,27,32-33H,7-12,14-17H2,1-3H3,(H,31,34)/t18-,19+,21-,22-,23+,24+,25-,27+,28+,29-/m1/s1. The Kier molecular flexibility index (Phi) is 6.56. The van der Waals surface area contributed by atoms with E-state index in [1.165, 1.54) is 25.7 Å². The molecule has 1 aromatic rings. The predicted octanol–water partition coefficient (Wildman–Crippen LogP) is 4.71. The monoisotopic (exact) mass is 468 g/mol. The van der Waals surface area contributed by atoms with Gasteiger partial charge < -0.3 is 15.5 Å². The van der Waals surface area contributed by atoms with E-state index in [1.54, 1.807) is 6.20 Å². The zero-order valence-electron chi connectivity index (χ0n) is 21.2. The molecule has 5 nitrogen and oxygen atoms in total. The summed E-state index contributed by atoms with van der Waals surface area (Å²) in [5.41, 5.74) is 1.36. The summed E-state index contributed by atoms with van der Waals surface area (Å²) in [6.45, 7) is 7.69. The van der Waals surface area contributed by atoms with Gasteiger partial charge in [0.1, 0.15) is 0 Å². The van der Waals surface area contributed by atoms with Crippen molar-refractivity contribution >= 4 is 5.91 Å². The Morgan fingerprint density at radius 3 is 2.62 bits per heavy atom. The molecule has 0 aliphatic heterocycles. The molecule has 4 saturated carbocycles. The highest BCUT2D eigenvalue weighted by atomic mass is 16.3. The fourth-order valence-electron chi connectivity index (χ4n) is 9.37. The van der Waals surface area contributed by atoms with Gasteiger partial charge in [-0.2, -0.15) is 0 Å². The first-order valence-corrected chi connectivity index (χ1v) is 13.7. The number of nitrogens with one attached hydrogen (secondary N) is 1. The fraction of sp³-hybridized carbons (Fsp3) is 0.793. The van der Waals surface area contributed by atoms with E-state index >= 15 is 0 Å². The van der Waals surface area contributed by atoms with Crippen molar-refractivity contribution in [3.8, 4) is 0 Å². The quantitative estimate of drug-likeness (QED) is 0.584. The number of aromatic nitrogens is 1. The molecule has 5 heteroatoms. The average Bonchev–Trinajstić information content (AvgIpc) is 3.17. The van der Waals surface area contributed by atoms with Gasteiger partial charge >= 0.3 is 0 Å². The van der Waals surface area contributed by atoms with E-state index in [9.17, 15) is 15.0 Å². The number of hydrogen-bond acceptors (Lipinski definition) is 4. The second-order valence-electron chi connectivity index (χ2n) is 12.7. The third-order valence-electron chi connectivity index (χ3n) is 11.1. The van der Waals surface area contributed by atoms with Gasteiger partial charge in [0, 0.05) is 12.6 Å². The number of aliphatic hydroxyl groups excluding tert-OH is 2. The van der Waals surface area contributed by atoms with Crippen molar-refractivity contribution in [1.29, 1.82) is 0 Å². The summed E-state index contributed by atoms with van der Waals surface area (Å²) in [5, 5.41) is 24.8. The van der Waals surface area contributed by atoms with Crippen LogP contribution in [0.1, 0.15) is 84.3 Å². The van der Waals surface area contributed by atoms with Crippen LogP contribution < -0.4 is 5.32 Å². The van der Waals surface area contributed by atoms with E-state index in [2.05, 4.69) is 31.1 Å². The highest BCUT2D eigenvalue weighted by Gasteiger charge is 2.62. The molecule has 4 fully saturated rings. The van der Waals surface area contributed by atoms with Gasteiger partial charge in [-0.25, -0.2) is 0 Å². The number of amides is 1. The Hall–Kier alpha value is -1.46. The molecular formula is C29H44N2O3. The summed E-state index contributed by atoms with van der Waals surface area (Å²) >= 11 is 0. The van der Waals surface area contributed by atoms with E-state index in [0.29, 0.717) is 48.5 Å². The molecule has 0 saturated heterocycles. The number of aliphatic hydroxyl groups is 2. The zero-order valence-corrected chi connectivity index (χ0v) is 21.2. The van der Waals surface area contributed by atoms with Gasteiger partial charge in [-0.1, -0.05) is 26.8 Å². The molecule has 4 aliphatic rings. The van der Waals surface area contributed by atoms with Crippen LogP contribution in [-0.4, -0.2) is 33.3 Å². The highest BCUT2D eigenvalue weighted by molar-refractivity contribution is 5.76. The molecule has 4 aliphatic carbocycles. The Labute approximate surface area is 205 Å². The van der Waals surface area contributed by atoms with Crippen LogP contribution in [0.3, 0.4) is 0 Å². The van der Waals surface area contributed by atoms with E-state index in [-0.39, 0.29) is 28.9 Å². The van der Waals surface area contributed by atoms with E-state index < -0.39 is 0 Å². The van der Waals surface area contributed by atoms with Gasteiger partial charge in [0.2, 0.25) is 5.91 Å². The molecule has 1 amide bonds. The Balaban J connectivity index is 1.26. The molecule has 10 atom stereocenters. The van der Waals surface area contributed by atoms with Crippen molar-refractivity contribution in [3.05, 3.63) is 30.1 Å². The molecule has 1 heterocycles. The van der Waals surface area contributed by atoms with Crippen LogP contribution in [0.5, 0.6) is 0 Å². The lowest BCUT2D eigenvalue weighted by Crippen LogP contribution is -2.58. The van der Waals surface area contributed by atoms with Gasteiger partial charge in [0.05, 0.1) is 24.4 Å². The van der Waals surface area contributed by atoms with Crippen molar-refractivity contribution in [2.24, 2.45) is 46.3 Å². The van der Waals surface area contributed by atoms with Gasteiger partial charge in [-0.3, -0.25) is 9.78 Å². The van der Waals surface area contributed by atoms with Crippen molar-refractivity contribution in [2.75, 3.05) is 0 Å². The summed E-state index contributed by atoms with van der Waals surface area (Å²) in [7, 11) is 0. The predicted molar refractivity (Wildman–Crippen MR) is 132 cm³/mol. The molecule has 0 spiro atoms. The van der Waals surface area contributed by atoms with Crippen molar-refractivity contribution < 1.29 is 15.0 Å². The SMILES string of the molecule is C[C@H](CC(=O)NCc1ccccn1)[C@H]1CC[C@H]2[C@@H]3[C@H](O)C[C@@H]4C[C@H](O)CC[C@]4(C)[C@H]3CC[C@]12C. The molecule has 0 radical (unpaired) electrons. The Bertz CT molecular complexity index is 877. The lowest BCUT2D eigenvalue weighted by Gasteiger charge is -2.62. The Morgan fingerprint density at radius 1 is 1.09 bits per heavy atom. The van der Waals surface area contributed by atoms with Crippen LogP contribution in [-0.2, 0) is 11.3 Å². The summed E-state index contributed by atoms with van der Waals surface area (Å²) in [5.74, 6) is 2.94. The maximum atomic E-state index is 12.8.